The number of carbonyl (C=O) groups excluding carboxylic acids is 1. The molecule has 0 aliphatic heterocycles. The minimum absolute atomic E-state index is 0.117. The highest BCUT2D eigenvalue weighted by molar-refractivity contribution is 5.75. The van der Waals surface area contributed by atoms with E-state index < -0.39 is 0 Å². The Morgan fingerprint density at radius 2 is 1.68 bits per heavy atom. The molecule has 0 heterocycles. The quantitative estimate of drug-likeness (QED) is 0.774. The standard InChI is InChI=1S/C21H26N2O2/c22-20(24)14-21(12-4-5-13-21)23-15-17-8-10-19(11-9-17)25-16-18-6-2-1-3-7-18/h1-3,6-11,23H,4-5,12-16H2,(H2,22,24). The third kappa shape index (κ3) is 5.07. The van der Waals surface area contributed by atoms with Crippen molar-refractivity contribution in [2.75, 3.05) is 0 Å². The van der Waals surface area contributed by atoms with Gasteiger partial charge in [0.1, 0.15) is 12.4 Å². The Labute approximate surface area is 149 Å². The van der Waals surface area contributed by atoms with E-state index in [4.69, 9.17) is 10.5 Å². The van der Waals surface area contributed by atoms with Gasteiger partial charge in [-0.05, 0) is 36.1 Å². The summed E-state index contributed by atoms with van der Waals surface area (Å²) in [7, 11) is 0. The second-order valence-electron chi connectivity index (χ2n) is 6.90. The molecule has 0 aromatic heterocycles. The third-order valence-electron chi connectivity index (χ3n) is 4.91. The zero-order chi connectivity index (χ0) is 17.5. The fourth-order valence-corrected chi connectivity index (χ4v) is 3.54. The minimum atomic E-state index is -0.223. The molecule has 0 spiro atoms. The van der Waals surface area contributed by atoms with Gasteiger partial charge in [0, 0.05) is 18.5 Å². The number of carbonyl (C=O) groups is 1. The molecular weight excluding hydrogens is 312 g/mol. The smallest absolute Gasteiger partial charge is 0.219 e. The Balaban J connectivity index is 1.52. The lowest BCUT2D eigenvalue weighted by Gasteiger charge is -2.29. The Kier molecular flexibility index (Phi) is 5.71. The van der Waals surface area contributed by atoms with Gasteiger partial charge in [-0.2, -0.15) is 0 Å². The first-order valence-electron chi connectivity index (χ1n) is 8.94. The number of rotatable bonds is 8. The van der Waals surface area contributed by atoms with Crippen molar-refractivity contribution in [2.24, 2.45) is 5.73 Å². The second kappa shape index (κ2) is 8.17. The van der Waals surface area contributed by atoms with Crippen molar-refractivity contribution in [3.05, 3.63) is 65.7 Å². The lowest BCUT2D eigenvalue weighted by Crippen LogP contribution is -2.45. The van der Waals surface area contributed by atoms with E-state index in [0.29, 0.717) is 13.0 Å². The molecule has 0 unspecified atom stereocenters. The monoisotopic (exact) mass is 338 g/mol. The van der Waals surface area contributed by atoms with Crippen molar-refractivity contribution in [1.82, 2.24) is 5.32 Å². The van der Waals surface area contributed by atoms with Crippen molar-refractivity contribution in [3.8, 4) is 5.75 Å². The maximum absolute atomic E-state index is 11.4. The van der Waals surface area contributed by atoms with E-state index in [0.717, 1.165) is 43.5 Å². The summed E-state index contributed by atoms with van der Waals surface area (Å²) in [6.45, 7) is 1.31. The fraction of sp³-hybridized carbons (Fsp3) is 0.381. The van der Waals surface area contributed by atoms with E-state index in [1.54, 1.807) is 0 Å². The molecule has 2 aromatic rings. The van der Waals surface area contributed by atoms with E-state index in [1.165, 1.54) is 5.56 Å². The first-order valence-corrected chi connectivity index (χ1v) is 8.94. The van der Waals surface area contributed by atoms with Crippen LogP contribution in [0.25, 0.3) is 0 Å². The number of nitrogens with two attached hydrogens (primary N) is 1. The number of hydrogen-bond donors (Lipinski definition) is 2. The van der Waals surface area contributed by atoms with Gasteiger partial charge in [-0.25, -0.2) is 0 Å². The zero-order valence-corrected chi connectivity index (χ0v) is 14.5. The second-order valence-corrected chi connectivity index (χ2v) is 6.90. The largest absolute Gasteiger partial charge is 0.489 e. The maximum Gasteiger partial charge on any atom is 0.219 e. The maximum atomic E-state index is 11.4. The molecule has 1 amide bonds. The van der Waals surface area contributed by atoms with Crippen LogP contribution in [0.4, 0.5) is 0 Å². The van der Waals surface area contributed by atoms with E-state index in [1.807, 2.05) is 30.3 Å². The molecule has 25 heavy (non-hydrogen) atoms. The molecule has 0 atom stereocenters. The van der Waals surface area contributed by atoms with Crippen LogP contribution < -0.4 is 15.8 Å². The molecule has 4 heteroatoms. The average Bonchev–Trinajstić information content (AvgIpc) is 3.08. The predicted octanol–water partition coefficient (Wildman–Crippen LogP) is 3.54. The number of nitrogens with one attached hydrogen (secondary N) is 1. The van der Waals surface area contributed by atoms with Crippen molar-refractivity contribution in [2.45, 2.75) is 50.8 Å². The van der Waals surface area contributed by atoms with Crippen LogP contribution in [-0.2, 0) is 17.9 Å². The van der Waals surface area contributed by atoms with Gasteiger partial charge in [0.15, 0.2) is 0 Å². The minimum Gasteiger partial charge on any atom is -0.489 e. The van der Waals surface area contributed by atoms with Crippen LogP contribution in [0.2, 0.25) is 0 Å². The highest BCUT2D eigenvalue weighted by atomic mass is 16.5. The first kappa shape index (κ1) is 17.5. The van der Waals surface area contributed by atoms with Crippen LogP contribution in [0.15, 0.2) is 54.6 Å². The number of benzene rings is 2. The normalized spacial score (nSPS) is 15.8. The van der Waals surface area contributed by atoms with Crippen molar-refractivity contribution in [1.29, 1.82) is 0 Å². The highest BCUT2D eigenvalue weighted by Crippen LogP contribution is 2.32. The topological polar surface area (TPSA) is 64.4 Å². The fourth-order valence-electron chi connectivity index (χ4n) is 3.54. The lowest BCUT2D eigenvalue weighted by atomic mass is 9.92. The van der Waals surface area contributed by atoms with Gasteiger partial charge in [-0.3, -0.25) is 4.79 Å². The van der Waals surface area contributed by atoms with Gasteiger partial charge in [-0.1, -0.05) is 55.3 Å². The molecule has 0 radical (unpaired) electrons. The van der Waals surface area contributed by atoms with Crippen LogP contribution in [0.5, 0.6) is 5.75 Å². The molecule has 3 N–H and O–H groups in total. The number of ether oxygens (including phenoxy) is 1. The molecule has 1 fully saturated rings. The summed E-state index contributed by atoms with van der Waals surface area (Å²) in [5, 5.41) is 3.58. The van der Waals surface area contributed by atoms with Crippen molar-refractivity contribution in [3.63, 3.8) is 0 Å². The molecular formula is C21H26N2O2. The molecule has 1 saturated carbocycles. The third-order valence-corrected chi connectivity index (χ3v) is 4.91. The molecule has 0 saturated heterocycles. The van der Waals surface area contributed by atoms with Gasteiger partial charge >= 0.3 is 0 Å². The van der Waals surface area contributed by atoms with E-state index >= 15 is 0 Å². The van der Waals surface area contributed by atoms with E-state index in [-0.39, 0.29) is 11.4 Å². The van der Waals surface area contributed by atoms with Crippen LogP contribution in [0.3, 0.4) is 0 Å². The molecule has 3 rings (SSSR count). The summed E-state index contributed by atoms with van der Waals surface area (Å²) >= 11 is 0. The molecule has 2 aromatic carbocycles. The highest BCUT2D eigenvalue weighted by Gasteiger charge is 2.34. The number of primary amides is 1. The van der Waals surface area contributed by atoms with E-state index in [9.17, 15) is 4.79 Å². The number of amides is 1. The van der Waals surface area contributed by atoms with Crippen LogP contribution >= 0.6 is 0 Å². The van der Waals surface area contributed by atoms with E-state index in [2.05, 4.69) is 29.6 Å². The zero-order valence-electron chi connectivity index (χ0n) is 14.5. The van der Waals surface area contributed by atoms with Gasteiger partial charge in [0.25, 0.3) is 0 Å². The summed E-state index contributed by atoms with van der Waals surface area (Å²) in [4.78, 5) is 11.4. The Morgan fingerprint density at radius 1 is 1.00 bits per heavy atom. The summed E-state index contributed by atoms with van der Waals surface area (Å²) in [5.74, 6) is 0.638. The summed E-state index contributed by atoms with van der Waals surface area (Å²) in [5.41, 5.74) is 7.65. The van der Waals surface area contributed by atoms with Crippen molar-refractivity contribution < 1.29 is 9.53 Å². The van der Waals surface area contributed by atoms with Gasteiger partial charge < -0.3 is 15.8 Å². The molecule has 4 nitrogen and oxygen atoms in total. The van der Waals surface area contributed by atoms with Crippen LogP contribution in [-0.4, -0.2) is 11.4 Å². The summed E-state index contributed by atoms with van der Waals surface area (Å²) in [6.07, 6.45) is 4.78. The number of hydrogen-bond acceptors (Lipinski definition) is 3. The summed E-state index contributed by atoms with van der Waals surface area (Å²) in [6, 6.07) is 18.3. The lowest BCUT2D eigenvalue weighted by molar-refractivity contribution is -0.119. The molecule has 1 aliphatic carbocycles. The average molecular weight is 338 g/mol. The Morgan fingerprint density at radius 3 is 2.32 bits per heavy atom. The first-order chi connectivity index (χ1) is 12.2. The van der Waals surface area contributed by atoms with Crippen LogP contribution in [0.1, 0.15) is 43.2 Å². The van der Waals surface area contributed by atoms with Gasteiger partial charge in [0.2, 0.25) is 5.91 Å². The van der Waals surface area contributed by atoms with Gasteiger partial charge in [0.05, 0.1) is 0 Å². The SMILES string of the molecule is NC(=O)CC1(NCc2ccc(OCc3ccccc3)cc2)CCCC1. The van der Waals surface area contributed by atoms with Crippen LogP contribution in [0, 0.1) is 0 Å². The molecule has 1 aliphatic rings. The molecule has 132 valence electrons. The Hall–Kier alpha value is -2.33. The Bertz CT molecular complexity index is 677. The summed E-state index contributed by atoms with van der Waals surface area (Å²) < 4.78 is 5.82. The molecule has 0 bridgehead atoms. The predicted molar refractivity (Wildman–Crippen MR) is 99.1 cm³/mol. The van der Waals surface area contributed by atoms with Gasteiger partial charge in [-0.15, -0.1) is 0 Å². The van der Waals surface area contributed by atoms with Crippen molar-refractivity contribution >= 4 is 5.91 Å².